The Morgan fingerprint density at radius 1 is 1.54 bits per heavy atom. The first-order valence-corrected chi connectivity index (χ1v) is 10.7. The van der Waals surface area contributed by atoms with Gasteiger partial charge in [0, 0.05) is 13.5 Å². The van der Waals surface area contributed by atoms with E-state index < -0.39 is 23.4 Å². The number of rotatable bonds is 6. The fraction of sp³-hybridized carbons (Fsp3) is 0.529. The Labute approximate surface area is 169 Å². The topological polar surface area (TPSA) is 119 Å². The molecule has 11 heteroatoms. The number of aromatic nitrogens is 2. The number of aryl methyl sites for hydroxylation is 1. The van der Waals surface area contributed by atoms with Crippen LogP contribution in [-0.4, -0.2) is 50.9 Å². The molecule has 9 nitrogen and oxygen atoms in total. The summed E-state index contributed by atoms with van der Waals surface area (Å²) in [4.78, 5) is 36.8. The quantitative estimate of drug-likeness (QED) is 0.423. The fourth-order valence-corrected chi connectivity index (χ4v) is 7.06. The molecule has 4 heterocycles. The highest BCUT2D eigenvalue weighted by molar-refractivity contribution is 8.22. The molecular formula is C17H20N4O5S2. The lowest BCUT2D eigenvalue weighted by molar-refractivity contribution is -0.690. The van der Waals surface area contributed by atoms with Crippen LogP contribution in [0.1, 0.15) is 24.3 Å². The van der Waals surface area contributed by atoms with Crippen molar-refractivity contribution in [2.45, 2.75) is 43.2 Å². The summed E-state index contributed by atoms with van der Waals surface area (Å²) in [5.41, 5.74) is 0.914. The Morgan fingerprint density at radius 3 is 2.93 bits per heavy atom. The van der Waals surface area contributed by atoms with Crippen LogP contribution in [0, 0.1) is 5.92 Å². The van der Waals surface area contributed by atoms with E-state index in [0.29, 0.717) is 4.24 Å². The molecule has 3 aliphatic rings. The van der Waals surface area contributed by atoms with Crippen LogP contribution in [0.2, 0.25) is 0 Å². The lowest BCUT2D eigenvalue weighted by Gasteiger charge is -2.44. The van der Waals surface area contributed by atoms with Gasteiger partial charge in [-0.2, -0.15) is 0 Å². The van der Waals surface area contributed by atoms with Crippen molar-refractivity contribution < 1.29 is 29.2 Å². The first-order chi connectivity index (χ1) is 13.3. The van der Waals surface area contributed by atoms with Crippen molar-refractivity contribution in [2.24, 2.45) is 5.92 Å². The number of β-lactam (4-membered cyclic amide) rings is 1. The molecule has 0 spiro atoms. The van der Waals surface area contributed by atoms with E-state index in [1.807, 2.05) is 12.5 Å². The number of imidazole rings is 1. The van der Waals surface area contributed by atoms with Crippen LogP contribution in [0.4, 0.5) is 0 Å². The maximum absolute atomic E-state index is 12.3. The Kier molecular flexibility index (Phi) is 4.92. The first kappa shape index (κ1) is 19.3. The number of likely N-dealkylation sites (N-methyl/N-ethyl adjacent to an activating group) is 1. The highest BCUT2D eigenvalue weighted by Crippen LogP contribution is 2.56. The zero-order chi connectivity index (χ0) is 20.2. The molecule has 1 saturated heterocycles. The second kappa shape index (κ2) is 7.12. The predicted molar refractivity (Wildman–Crippen MR) is 99.1 cm³/mol. The van der Waals surface area contributed by atoms with Gasteiger partial charge in [-0.1, -0.05) is 11.8 Å². The molecule has 0 radical (unpaired) electrons. The summed E-state index contributed by atoms with van der Waals surface area (Å²) in [5.74, 6) is -2.45. The maximum atomic E-state index is 12.3. The van der Waals surface area contributed by atoms with Gasteiger partial charge in [0.25, 0.3) is 5.91 Å². The van der Waals surface area contributed by atoms with E-state index in [2.05, 4.69) is 9.88 Å². The summed E-state index contributed by atoms with van der Waals surface area (Å²) in [6.45, 7) is 2.53. The number of fused-ring (bicyclic) bond motifs is 2. The molecule has 1 fully saturated rings. The Hall–Kier alpha value is -1.98. The van der Waals surface area contributed by atoms with Crippen molar-refractivity contribution in [2.75, 3.05) is 7.05 Å². The van der Waals surface area contributed by atoms with E-state index in [0.717, 1.165) is 18.7 Å². The number of nitrogens with one attached hydrogen (secondary N) is 1. The number of aliphatic hydroxyl groups is 1. The number of carboxylic acid groups (broad SMARTS) is 1. The highest BCUT2D eigenvalue weighted by atomic mass is 32.2. The zero-order valence-electron chi connectivity index (χ0n) is 15.3. The van der Waals surface area contributed by atoms with Crippen LogP contribution in [0.3, 0.4) is 0 Å². The monoisotopic (exact) mass is 424 g/mol. The van der Waals surface area contributed by atoms with Crippen molar-refractivity contribution in [3.05, 3.63) is 28.2 Å². The molecule has 2 unspecified atom stereocenters. The van der Waals surface area contributed by atoms with Gasteiger partial charge in [0.1, 0.15) is 11.6 Å². The molecule has 2 amide bonds. The average molecular weight is 425 g/mol. The zero-order valence-corrected chi connectivity index (χ0v) is 17.0. The Morgan fingerprint density at radius 2 is 2.29 bits per heavy atom. The summed E-state index contributed by atoms with van der Waals surface area (Å²) in [7, 11) is 1.59. The standard InChI is InChI=1S/C17H20N4O5S2/c1-8(22)12-14(24)21-13(16(25)26)17(28-15(12)21)27-10-3-4-20-7-19(5-9(10)20)6-11(23)18-2/h5,7-8,10,12,15,22H,3-4,6H2,1-2H3,(H-,18,23,25,26)/t8?,10?,12-,15+/m0/s1. The predicted octanol–water partition coefficient (Wildman–Crippen LogP) is -1.47. The average Bonchev–Trinajstić information content (AvgIpc) is 3.27. The minimum atomic E-state index is -1.38. The third-order valence-electron chi connectivity index (χ3n) is 5.19. The van der Waals surface area contributed by atoms with Gasteiger partial charge in [-0.15, -0.1) is 11.8 Å². The number of carboxylic acids is 1. The molecular weight excluding hydrogens is 404 g/mol. The van der Waals surface area contributed by atoms with Crippen molar-refractivity contribution >= 4 is 41.3 Å². The van der Waals surface area contributed by atoms with E-state index in [9.17, 15) is 24.6 Å². The van der Waals surface area contributed by atoms with Gasteiger partial charge in [0.15, 0.2) is 12.2 Å². The molecule has 3 aliphatic heterocycles. The number of aliphatic carboxylic acids is 1. The van der Waals surface area contributed by atoms with Crippen molar-refractivity contribution in [3.8, 4) is 0 Å². The normalized spacial score (nSPS) is 26.8. The molecule has 150 valence electrons. The molecule has 1 aromatic heterocycles. The molecule has 0 aliphatic carbocycles. The summed E-state index contributed by atoms with van der Waals surface area (Å²) >= 11 is 2.71. The van der Waals surface area contributed by atoms with Crippen LogP contribution in [-0.2, 0) is 27.5 Å². The lowest BCUT2D eigenvalue weighted by atomic mass is 9.92. The number of nitrogens with zero attached hydrogens (tertiary/aromatic N) is 3. The van der Waals surface area contributed by atoms with E-state index in [1.54, 1.807) is 18.5 Å². The van der Waals surface area contributed by atoms with Crippen LogP contribution in [0.15, 0.2) is 22.5 Å². The number of hydrogen-bond acceptors (Lipinski definition) is 7. The van der Waals surface area contributed by atoms with E-state index in [4.69, 9.17) is 0 Å². The van der Waals surface area contributed by atoms with Crippen molar-refractivity contribution in [1.29, 1.82) is 0 Å². The second-order valence-electron chi connectivity index (χ2n) is 7.01. The molecule has 1 aromatic rings. The van der Waals surface area contributed by atoms with Crippen LogP contribution in [0.5, 0.6) is 0 Å². The Bertz CT molecular complexity index is 896. The SMILES string of the molecule is CNC(=O)Cn1cc2[n+](c1)CCC2SC1=C(C(=O)[O-])N2C(=O)[C@H](C(C)O)[C@H]2S1. The highest BCUT2D eigenvalue weighted by Gasteiger charge is 2.56. The van der Waals surface area contributed by atoms with Gasteiger partial charge in [0.05, 0.1) is 39.7 Å². The lowest BCUT2D eigenvalue weighted by Crippen LogP contribution is -2.61. The summed E-state index contributed by atoms with van der Waals surface area (Å²) in [5, 5.41) is 23.7. The third kappa shape index (κ3) is 3.01. The molecule has 2 N–H and O–H groups in total. The number of amides is 2. The number of thioether (sulfide) groups is 2. The molecule has 0 bridgehead atoms. The molecule has 28 heavy (non-hydrogen) atoms. The van der Waals surface area contributed by atoms with Gasteiger partial charge in [-0.25, -0.2) is 9.13 Å². The van der Waals surface area contributed by atoms with Gasteiger partial charge in [-0.3, -0.25) is 14.5 Å². The minimum absolute atomic E-state index is 0.0154. The molecule has 0 aromatic carbocycles. The number of carbonyl (C=O) groups excluding carboxylic acids is 3. The van der Waals surface area contributed by atoms with Crippen molar-refractivity contribution in [3.63, 3.8) is 0 Å². The fourth-order valence-electron chi connectivity index (χ4n) is 3.79. The number of hydrogen-bond donors (Lipinski definition) is 2. The van der Waals surface area contributed by atoms with E-state index in [1.165, 1.54) is 28.4 Å². The van der Waals surface area contributed by atoms with E-state index >= 15 is 0 Å². The van der Waals surface area contributed by atoms with Gasteiger partial charge >= 0.3 is 0 Å². The van der Waals surface area contributed by atoms with Crippen LogP contribution in [0.25, 0.3) is 0 Å². The molecule has 4 rings (SSSR count). The van der Waals surface area contributed by atoms with Crippen LogP contribution < -0.4 is 15.0 Å². The minimum Gasteiger partial charge on any atom is -0.543 e. The number of aliphatic hydroxyl groups excluding tert-OH is 1. The first-order valence-electron chi connectivity index (χ1n) is 8.91. The smallest absolute Gasteiger partial charge is 0.262 e. The van der Waals surface area contributed by atoms with E-state index in [-0.39, 0.29) is 29.3 Å². The maximum Gasteiger partial charge on any atom is 0.262 e. The second-order valence-corrected chi connectivity index (χ2v) is 9.61. The van der Waals surface area contributed by atoms with Gasteiger partial charge in [0.2, 0.25) is 12.2 Å². The number of carbonyl (C=O) groups is 3. The molecule has 4 atom stereocenters. The Balaban J connectivity index is 1.55. The van der Waals surface area contributed by atoms with Gasteiger partial charge in [-0.05, 0) is 6.92 Å². The summed E-state index contributed by atoms with van der Waals surface area (Å²) in [6, 6.07) is 0. The van der Waals surface area contributed by atoms with Crippen molar-refractivity contribution in [1.82, 2.24) is 14.8 Å². The largest absolute Gasteiger partial charge is 0.543 e. The summed E-state index contributed by atoms with van der Waals surface area (Å²) in [6.07, 6.45) is 3.77. The van der Waals surface area contributed by atoms with Gasteiger partial charge < -0.3 is 20.3 Å². The van der Waals surface area contributed by atoms with Crippen LogP contribution >= 0.6 is 23.5 Å². The molecule has 0 saturated carbocycles. The third-order valence-corrected chi connectivity index (χ3v) is 8.09. The summed E-state index contributed by atoms with van der Waals surface area (Å²) < 4.78 is 4.40.